The lowest BCUT2D eigenvalue weighted by molar-refractivity contribution is 0.0939. The molecule has 19 heavy (non-hydrogen) atoms. The van der Waals surface area contributed by atoms with Gasteiger partial charge < -0.3 is 5.32 Å². The van der Waals surface area contributed by atoms with E-state index in [4.69, 9.17) is 11.6 Å². The third kappa shape index (κ3) is 3.32. The fourth-order valence-electron chi connectivity index (χ4n) is 1.79. The lowest BCUT2D eigenvalue weighted by atomic mass is 10.1. The molecule has 1 N–H and O–H groups in total. The van der Waals surface area contributed by atoms with Gasteiger partial charge in [-0.25, -0.2) is 0 Å². The predicted octanol–water partition coefficient (Wildman–Crippen LogP) is 3.53. The van der Waals surface area contributed by atoms with E-state index in [1.54, 1.807) is 6.07 Å². The number of nitrogens with zero attached hydrogens (tertiary/aromatic N) is 1. The second kappa shape index (κ2) is 5.85. The summed E-state index contributed by atoms with van der Waals surface area (Å²) < 4.78 is 0. The van der Waals surface area contributed by atoms with E-state index in [9.17, 15) is 4.79 Å². The molecule has 0 fully saturated rings. The minimum Gasteiger partial charge on any atom is -0.345 e. The molecule has 0 aliphatic heterocycles. The zero-order valence-corrected chi connectivity index (χ0v) is 11.6. The first-order valence-electron chi connectivity index (χ1n) is 6.06. The molecule has 1 atom stereocenters. The summed E-state index contributed by atoms with van der Waals surface area (Å²) in [6.07, 6.45) is 1.50. The van der Waals surface area contributed by atoms with Crippen molar-refractivity contribution in [2.45, 2.75) is 19.9 Å². The average Bonchev–Trinajstić information content (AvgIpc) is 2.39. The molecule has 3 nitrogen and oxygen atoms in total. The van der Waals surface area contributed by atoms with Crippen LogP contribution in [0, 0.1) is 6.92 Å². The van der Waals surface area contributed by atoms with E-state index in [0.29, 0.717) is 10.6 Å². The van der Waals surface area contributed by atoms with Gasteiger partial charge in [-0.05, 0) is 25.5 Å². The number of hydrogen-bond donors (Lipinski definition) is 1. The van der Waals surface area contributed by atoms with Crippen LogP contribution in [0.3, 0.4) is 0 Å². The van der Waals surface area contributed by atoms with Gasteiger partial charge in [-0.2, -0.15) is 0 Å². The van der Waals surface area contributed by atoms with E-state index >= 15 is 0 Å². The summed E-state index contributed by atoms with van der Waals surface area (Å²) >= 11 is 6.05. The van der Waals surface area contributed by atoms with Gasteiger partial charge in [0.05, 0.1) is 16.6 Å². The standard InChI is InChI=1S/C15H15ClN2O/c1-10-8-14(16)13(9-17-10)15(19)18-11(2)12-6-4-3-5-7-12/h3-9,11H,1-2H3,(H,18,19). The van der Waals surface area contributed by atoms with E-state index in [0.717, 1.165) is 11.3 Å². The number of benzene rings is 1. The molecule has 0 aliphatic carbocycles. The summed E-state index contributed by atoms with van der Waals surface area (Å²) in [5, 5.41) is 3.33. The van der Waals surface area contributed by atoms with Gasteiger partial charge in [-0.3, -0.25) is 9.78 Å². The Balaban J connectivity index is 2.13. The van der Waals surface area contributed by atoms with Crippen LogP contribution in [0.25, 0.3) is 0 Å². The first kappa shape index (κ1) is 13.6. The largest absolute Gasteiger partial charge is 0.345 e. The molecule has 2 rings (SSSR count). The van der Waals surface area contributed by atoms with Crippen molar-refractivity contribution >= 4 is 17.5 Å². The highest BCUT2D eigenvalue weighted by atomic mass is 35.5. The predicted molar refractivity (Wildman–Crippen MR) is 76.3 cm³/mol. The smallest absolute Gasteiger partial charge is 0.254 e. The van der Waals surface area contributed by atoms with Crippen LogP contribution >= 0.6 is 11.6 Å². The molecule has 1 unspecified atom stereocenters. The summed E-state index contributed by atoms with van der Waals surface area (Å²) in [5.74, 6) is -0.214. The maximum absolute atomic E-state index is 12.1. The zero-order valence-electron chi connectivity index (χ0n) is 10.9. The van der Waals surface area contributed by atoms with Crippen molar-refractivity contribution in [1.82, 2.24) is 10.3 Å². The van der Waals surface area contributed by atoms with Crippen LogP contribution in [0.15, 0.2) is 42.6 Å². The van der Waals surface area contributed by atoms with Crippen molar-refractivity contribution in [2.75, 3.05) is 0 Å². The highest BCUT2D eigenvalue weighted by Crippen LogP contribution is 2.18. The normalized spacial score (nSPS) is 11.9. The second-order valence-electron chi connectivity index (χ2n) is 4.41. The molecule has 0 aliphatic rings. The van der Waals surface area contributed by atoms with Crippen molar-refractivity contribution < 1.29 is 4.79 Å². The molecular weight excluding hydrogens is 260 g/mol. The summed E-state index contributed by atoms with van der Waals surface area (Å²) in [4.78, 5) is 16.2. The Morgan fingerprint density at radius 1 is 1.32 bits per heavy atom. The van der Waals surface area contributed by atoms with Crippen molar-refractivity contribution in [2.24, 2.45) is 0 Å². The summed E-state index contributed by atoms with van der Waals surface area (Å²) in [5.41, 5.74) is 2.24. The van der Waals surface area contributed by atoms with Gasteiger partial charge >= 0.3 is 0 Å². The Kier molecular flexibility index (Phi) is 4.17. The van der Waals surface area contributed by atoms with Gasteiger partial charge in [0.1, 0.15) is 0 Å². The van der Waals surface area contributed by atoms with Crippen LogP contribution in [0.1, 0.15) is 34.6 Å². The van der Waals surface area contributed by atoms with Gasteiger partial charge in [0.2, 0.25) is 0 Å². The van der Waals surface area contributed by atoms with Crippen LogP contribution in [0.5, 0.6) is 0 Å². The lowest BCUT2D eigenvalue weighted by Crippen LogP contribution is -2.27. The molecule has 1 amide bonds. The molecule has 1 heterocycles. The van der Waals surface area contributed by atoms with Crippen LogP contribution in [-0.2, 0) is 0 Å². The minimum absolute atomic E-state index is 0.0777. The third-order valence-corrected chi connectivity index (χ3v) is 3.19. The number of pyridine rings is 1. The average molecular weight is 275 g/mol. The van der Waals surface area contributed by atoms with Crippen molar-refractivity contribution in [1.29, 1.82) is 0 Å². The summed E-state index contributed by atoms with van der Waals surface area (Å²) in [7, 11) is 0. The molecule has 4 heteroatoms. The van der Waals surface area contributed by atoms with E-state index in [1.807, 2.05) is 44.2 Å². The van der Waals surface area contributed by atoms with E-state index < -0.39 is 0 Å². The molecular formula is C15H15ClN2O. The van der Waals surface area contributed by atoms with Gasteiger partial charge in [-0.15, -0.1) is 0 Å². The number of aryl methyl sites for hydroxylation is 1. The fraction of sp³-hybridized carbons (Fsp3) is 0.200. The first-order chi connectivity index (χ1) is 9.08. The molecule has 1 aromatic heterocycles. The maximum Gasteiger partial charge on any atom is 0.254 e. The molecule has 0 saturated heterocycles. The van der Waals surface area contributed by atoms with Gasteiger partial charge in [0, 0.05) is 11.9 Å². The number of carbonyl (C=O) groups excluding carboxylic acids is 1. The number of hydrogen-bond acceptors (Lipinski definition) is 2. The van der Waals surface area contributed by atoms with E-state index in [2.05, 4.69) is 10.3 Å². The molecule has 98 valence electrons. The summed E-state index contributed by atoms with van der Waals surface area (Å²) in [6.45, 7) is 3.77. The number of nitrogens with one attached hydrogen (secondary N) is 1. The lowest BCUT2D eigenvalue weighted by Gasteiger charge is -2.14. The van der Waals surface area contributed by atoms with E-state index in [-0.39, 0.29) is 11.9 Å². The molecule has 0 saturated carbocycles. The third-order valence-electron chi connectivity index (χ3n) is 2.88. The quantitative estimate of drug-likeness (QED) is 0.930. The molecule has 1 aromatic carbocycles. The molecule has 2 aromatic rings. The number of halogens is 1. The Morgan fingerprint density at radius 2 is 2.00 bits per heavy atom. The highest BCUT2D eigenvalue weighted by molar-refractivity contribution is 6.33. The molecule has 0 bridgehead atoms. The second-order valence-corrected chi connectivity index (χ2v) is 4.82. The Bertz CT molecular complexity index is 584. The van der Waals surface area contributed by atoms with Gasteiger partial charge in [0.15, 0.2) is 0 Å². The Morgan fingerprint density at radius 3 is 2.63 bits per heavy atom. The number of amides is 1. The van der Waals surface area contributed by atoms with Crippen molar-refractivity contribution in [3.05, 3.63) is 64.4 Å². The zero-order chi connectivity index (χ0) is 13.8. The Hall–Kier alpha value is -1.87. The maximum atomic E-state index is 12.1. The van der Waals surface area contributed by atoms with E-state index in [1.165, 1.54) is 6.20 Å². The van der Waals surface area contributed by atoms with Gasteiger partial charge in [0.25, 0.3) is 5.91 Å². The first-order valence-corrected chi connectivity index (χ1v) is 6.43. The number of aromatic nitrogens is 1. The Labute approximate surface area is 117 Å². The van der Waals surface area contributed by atoms with Crippen LogP contribution in [0.2, 0.25) is 5.02 Å². The van der Waals surface area contributed by atoms with Crippen molar-refractivity contribution in [3.8, 4) is 0 Å². The minimum atomic E-state index is -0.214. The van der Waals surface area contributed by atoms with Crippen LogP contribution in [-0.4, -0.2) is 10.9 Å². The number of rotatable bonds is 3. The number of carbonyl (C=O) groups is 1. The van der Waals surface area contributed by atoms with Crippen LogP contribution in [0.4, 0.5) is 0 Å². The van der Waals surface area contributed by atoms with Gasteiger partial charge in [-0.1, -0.05) is 41.9 Å². The topological polar surface area (TPSA) is 42.0 Å². The molecule has 0 radical (unpaired) electrons. The molecule has 0 spiro atoms. The summed E-state index contributed by atoms with van der Waals surface area (Å²) in [6, 6.07) is 11.4. The highest BCUT2D eigenvalue weighted by Gasteiger charge is 2.14. The van der Waals surface area contributed by atoms with Crippen LogP contribution < -0.4 is 5.32 Å². The SMILES string of the molecule is Cc1cc(Cl)c(C(=O)NC(C)c2ccccc2)cn1. The monoisotopic (exact) mass is 274 g/mol. The fourth-order valence-corrected chi connectivity index (χ4v) is 2.09. The van der Waals surface area contributed by atoms with Crippen molar-refractivity contribution in [3.63, 3.8) is 0 Å².